The van der Waals surface area contributed by atoms with Crippen LogP contribution in [0.25, 0.3) is 27.8 Å². The minimum Gasteiger partial charge on any atom is -0.203 e. The third-order valence-electron chi connectivity index (χ3n) is 10.0. The van der Waals surface area contributed by atoms with E-state index in [1.165, 1.54) is 25.7 Å². The number of hydrogen-bond acceptors (Lipinski definition) is 0. The van der Waals surface area contributed by atoms with Gasteiger partial charge in [-0.3, -0.25) is 0 Å². The number of aryl methyl sites for hydroxylation is 1. The van der Waals surface area contributed by atoms with Gasteiger partial charge in [-0.1, -0.05) is 99.4 Å². The first-order valence-corrected chi connectivity index (χ1v) is 16.8. The van der Waals surface area contributed by atoms with Crippen LogP contribution in [-0.4, -0.2) is 0 Å². The molecule has 0 radical (unpaired) electrons. The molecule has 1 unspecified atom stereocenters. The van der Waals surface area contributed by atoms with Gasteiger partial charge in [-0.05, 0) is 105 Å². The number of benzene rings is 3. The van der Waals surface area contributed by atoms with Crippen molar-refractivity contribution in [2.45, 2.75) is 97.3 Å². The standard InChI is InChI=1S/C40H46F4/c1-3-5-6-7-8-10-33-23-24-34(38(42)37(33)41)31-19-21-32(22-20-31)36-26-25-35(39(43)40(36)44)30-17-15-29(16-18-30)28-13-11-27(9-4-2)12-14-28/h4,9,17,19-29H,3,5-8,10-16,18H2,1-2H3. The zero-order valence-corrected chi connectivity index (χ0v) is 26.3. The topological polar surface area (TPSA) is 0 Å². The van der Waals surface area contributed by atoms with Crippen LogP contribution in [0.3, 0.4) is 0 Å². The van der Waals surface area contributed by atoms with E-state index in [2.05, 4.69) is 32.1 Å². The fourth-order valence-electron chi connectivity index (χ4n) is 7.38. The van der Waals surface area contributed by atoms with E-state index in [4.69, 9.17) is 0 Å². The molecule has 3 aromatic carbocycles. The molecule has 0 saturated heterocycles. The van der Waals surface area contributed by atoms with Gasteiger partial charge < -0.3 is 0 Å². The van der Waals surface area contributed by atoms with Crippen molar-refractivity contribution in [2.24, 2.45) is 17.8 Å². The van der Waals surface area contributed by atoms with Crippen LogP contribution in [0.4, 0.5) is 17.6 Å². The molecule has 0 nitrogen and oxygen atoms in total. The highest BCUT2D eigenvalue weighted by Gasteiger charge is 2.29. The summed E-state index contributed by atoms with van der Waals surface area (Å²) in [6, 6.07) is 13.1. The third kappa shape index (κ3) is 7.38. The number of halogens is 4. The molecule has 0 spiro atoms. The van der Waals surface area contributed by atoms with Crippen molar-refractivity contribution < 1.29 is 17.6 Å². The molecular weight excluding hydrogens is 556 g/mol. The molecular formula is C40H46F4. The first-order chi connectivity index (χ1) is 21.4. The molecule has 44 heavy (non-hydrogen) atoms. The van der Waals surface area contributed by atoms with Gasteiger partial charge in [-0.25, -0.2) is 17.6 Å². The van der Waals surface area contributed by atoms with Crippen LogP contribution in [0, 0.1) is 41.0 Å². The molecule has 0 amide bonds. The average molecular weight is 603 g/mol. The summed E-state index contributed by atoms with van der Waals surface area (Å²) in [5.74, 6) is -1.29. The lowest BCUT2D eigenvalue weighted by Crippen LogP contribution is -2.22. The van der Waals surface area contributed by atoms with Crippen molar-refractivity contribution in [1.29, 1.82) is 0 Å². The van der Waals surface area contributed by atoms with Gasteiger partial charge in [0.2, 0.25) is 0 Å². The molecule has 234 valence electrons. The molecule has 3 aromatic rings. The highest BCUT2D eigenvalue weighted by molar-refractivity contribution is 5.74. The first kappa shape index (κ1) is 32.3. The lowest BCUT2D eigenvalue weighted by atomic mass is 9.71. The minimum atomic E-state index is -0.874. The van der Waals surface area contributed by atoms with Crippen LogP contribution < -0.4 is 0 Å². The van der Waals surface area contributed by atoms with Crippen LogP contribution in [-0.2, 0) is 6.42 Å². The molecule has 5 rings (SSSR count). The predicted molar refractivity (Wildman–Crippen MR) is 175 cm³/mol. The highest BCUT2D eigenvalue weighted by atomic mass is 19.2. The van der Waals surface area contributed by atoms with E-state index in [9.17, 15) is 4.39 Å². The van der Waals surface area contributed by atoms with Gasteiger partial charge in [0, 0.05) is 16.7 Å². The monoisotopic (exact) mass is 602 g/mol. The predicted octanol–water partition coefficient (Wildman–Crippen LogP) is 12.7. The average Bonchev–Trinajstić information content (AvgIpc) is 3.05. The zero-order chi connectivity index (χ0) is 31.1. The van der Waals surface area contributed by atoms with E-state index < -0.39 is 23.3 Å². The summed E-state index contributed by atoms with van der Waals surface area (Å²) < 4.78 is 60.7. The number of allylic oxidation sites excluding steroid dienone is 4. The van der Waals surface area contributed by atoms with Crippen LogP contribution in [0.2, 0.25) is 0 Å². The second-order valence-corrected chi connectivity index (χ2v) is 12.9. The number of rotatable bonds is 11. The van der Waals surface area contributed by atoms with E-state index in [1.54, 1.807) is 48.5 Å². The molecule has 0 aliphatic heterocycles. The maximum Gasteiger partial charge on any atom is 0.167 e. The van der Waals surface area contributed by atoms with Crippen molar-refractivity contribution in [3.63, 3.8) is 0 Å². The Labute approximate surface area is 261 Å². The van der Waals surface area contributed by atoms with Crippen molar-refractivity contribution in [1.82, 2.24) is 0 Å². The number of hydrogen-bond donors (Lipinski definition) is 0. The first-order valence-electron chi connectivity index (χ1n) is 16.8. The van der Waals surface area contributed by atoms with E-state index in [0.29, 0.717) is 40.5 Å². The smallest absolute Gasteiger partial charge is 0.167 e. The summed E-state index contributed by atoms with van der Waals surface area (Å²) >= 11 is 0. The van der Waals surface area contributed by atoms with Crippen LogP contribution >= 0.6 is 0 Å². The Hall–Kier alpha value is -3.14. The van der Waals surface area contributed by atoms with Crippen molar-refractivity contribution >= 4 is 5.57 Å². The quantitative estimate of drug-likeness (QED) is 0.116. The Balaban J connectivity index is 1.25. The van der Waals surface area contributed by atoms with Gasteiger partial charge in [0.15, 0.2) is 23.3 Å². The summed E-state index contributed by atoms with van der Waals surface area (Å²) in [6.07, 6.45) is 20.1. The molecule has 0 aromatic heterocycles. The Morgan fingerprint density at radius 2 is 1.23 bits per heavy atom. The Kier molecular flexibility index (Phi) is 11.2. The fraction of sp³-hybridized carbons (Fsp3) is 0.450. The maximum absolute atomic E-state index is 15.4. The lowest BCUT2D eigenvalue weighted by molar-refractivity contribution is 0.212. The molecule has 2 aliphatic carbocycles. The molecule has 2 aliphatic rings. The summed E-state index contributed by atoms with van der Waals surface area (Å²) in [5.41, 5.74) is 2.95. The molecule has 4 heteroatoms. The fourth-order valence-corrected chi connectivity index (χ4v) is 7.38. The van der Waals surface area contributed by atoms with Crippen LogP contribution in [0.1, 0.15) is 102 Å². The van der Waals surface area contributed by atoms with Crippen LogP contribution in [0.15, 0.2) is 66.8 Å². The van der Waals surface area contributed by atoms with Gasteiger partial charge in [0.05, 0.1) is 0 Å². The van der Waals surface area contributed by atoms with Crippen molar-refractivity contribution in [2.75, 3.05) is 0 Å². The SMILES string of the molecule is CC=CC1CCC(C2CC=C(c3ccc(-c4ccc(-c5ccc(CCCCCCC)c(F)c5F)cc4)c(F)c3F)CC2)CC1. The molecule has 1 atom stereocenters. The maximum atomic E-state index is 15.4. The van der Waals surface area contributed by atoms with Gasteiger partial charge in [0.25, 0.3) is 0 Å². The van der Waals surface area contributed by atoms with Crippen molar-refractivity contribution in [3.8, 4) is 22.3 Å². The lowest BCUT2D eigenvalue weighted by Gasteiger charge is -2.35. The highest BCUT2D eigenvalue weighted by Crippen LogP contribution is 2.42. The molecule has 1 fully saturated rings. The Morgan fingerprint density at radius 3 is 1.84 bits per heavy atom. The summed E-state index contributed by atoms with van der Waals surface area (Å²) in [7, 11) is 0. The normalized spacial score (nSPS) is 20.7. The molecule has 0 N–H and O–H groups in total. The third-order valence-corrected chi connectivity index (χ3v) is 10.0. The summed E-state index contributed by atoms with van der Waals surface area (Å²) in [5, 5.41) is 0. The molecule has 0 bridgehead atoms. The molecule has 0 heterocycles. The Morgan fingerprint density at radius 1 is 0.636 bits per heavy atom. The van der Waals surface area contributed by atoms with Gasteiger partial charge in [-0.2, -0.15) is 0 Å². The summed E-state index contributed by atoms with van der Waals surface area (Å²) in [6.45, 7) is 4.23. The van der Waals surface area contributed by atoms with E-state index in [1.807, 2.05) is 0 Å². The minimum absolute atomic E-state index is 0.162. The largest absolute Gasteiger partial charge is 0.203 e. The summed E-state index contributed by atoms with van der Waals surface area (Å²) in [4.78, 5) is 0. The van der Waals surface area contributed by atoms with Crippen molar-refractivity contribution in [3.05, 3.63) is 101 Å². The number of unbranched alkanes of at least 4 members (excludes halogenated alkanes) is 4. The van der Waals surface area contributed by atoms with Gasteiger partial charge >= 0.3 is 0 Å². The second-order valence-electron chi connectivity index (χ2n) is 12.9. The van der Waals surface area contributed by atoms with E-state index in [-0.39, 0.29) is 11.1 Å². The zero-order valence-electron chi connectivity index (χ0n) is 26.3. The van der Waals surface area contributed by atoms with Crippen LogP contribution in [0.5, 0.6) is 0 Å². The van der Waals surface area contributed by atoms with E-state index in [0.717, 1.165) is 62.9 Å². The molecule has 1 saturated carbocycles. The van der Waals surface area contributed by atoms with E-state index >= 15 is 13.2 Å². The van der Waals surface area contributed by atoms with Gasteiger partial charge in [-0.15, -0.1) is 0 Å². The Bertz CT molecular complexity index is 1460. The van der Waals surface area contributed by atoms with Gasteiger partial charge in [0.1, 0.15) is 0 Å². The second kappa shape index (κ2) is 15.2.